The highest BCUT2D eigenvalue weighted by atomic mass is 19.3. The Balaban J connectivity index is 1.48. The predicted molar refractivity (Wildman–Crippen MR) is 92.6 cm³/mol. The van der Waals surface area contributed by atoms with Gasteiger partial charge in [0.2, 0.25) is 0 Å². The second-order valence-electron chi connectivity index (χ2n) is 6.07. The molecule has 28 heavy (non-hydrogen) atoms. The van der Waals surface area contributed by atoms with E-state index in [4.69, 9.17) is 4.74 Å². The molecule has 0 aliphatic carbocycles. The number of alkyl halides is 2. The highest BCUT2D eigenvalue weighted by Gasteiger charge is 2.36. The number of carbonyl (C=O) groups excluding carboxylic acids is 3. The molecule has 2 amide bonds. The fourth-order valence-electron chi connectivity index (χ4n) is 3.12. The molecule has 9 heteroatoms. The Labute approximate surface area is 157 Å². The van der Waals surface area contributed by atoms with Crippen LogP contribution in [0.5, 0.6) is 0 Å². The highest BCUT2D eigenvalue weighted by molar-refractivity contribution is 6.22. The quantitative estimate of drug-likeness (QED) is 0.498. The van der Waals surface area contributed by atoms with Crippen molar-refractivity contribution in [2.75, 3.05) is 6.54 Å². The largest absolute Gasteiger partial charge is 0.456 e. The van der Waals surface area contributed by atoms with E-state index in [-0.39, 0.29) is 22.5 Å². The molecule has 1 aromatic heterocycles. The summed E-state index contributed by atoms with van der Waals surface area (Å²) in [6, 6.07) is 12.5. The molecule has 3 aromatic rings. The van der Waals surface area contributed by atoms with Gasteiger partial charge in [-0.3, -0.25) is 23.9 Å². The number of ether oxygens (including phenoxy) is 1. The van der Waals surface area contributed by atoms with Gasteiger partial charge >= 0.3 is 12.5 Å². The molecule has 142 valence electrons. The fraction of sp³-hybridized carbons (Fsp3) is 0.158. The summed E-state index contributed by atoms with van der Waals surface area (Å²) in [7, 11) is 0. The first kappa shape index (κ1) is 17.8. The number of fused-ring (bicyclic) bond motifs is 2. The third-order valence-corrected chi connectivity index (χ3v) is 4.39. The summed E-state index contributed by atoms with van der Waals surface area (Å²) in [6.07, 6.45) is 0. The van der Waals surface area contributed by atoms with Gasteiger partial charge in [-0.05, 0) is 24.3 Å². The molecule has 0 radical (unpaired) electrons. The van der Waals surface area contributed by atoms with Crippen LogP contribution in [-0.4, -0.2) is 38.8 Å². The molecule has 0 N–H and O–H groups in total. The highest BCUT2D eigenvalue weighted by Crippen LogP contribution is 2.24. The van der Waals surface area contributed by atoms with Crippen molar-refractivity contribution in [2.45, 2.75) is 13.2 Å². The molecular formula is C19H13F2N3O4. The molecule has 0 spiro atoms. The van der Waals surface area contributed by atoms with Gasteiger partial charge in [0.25, 0.3) is 11.8 Å². The van der Waals surface area contributed by atoms with E-state index in [9.17, 15) is 23.2 Å². The molecule has 7 nitrogen and oxygen atoms in total. The topological polar surface area (TPSA) is 81.5 Å². The fourth-order valence-corrected chi connectivity index (χ4v) is 3.12. The lowest BCUT2D eigenvalue weighted by Gasteiger charge is -2.13. The van der Waals surface area contributed by atoms with E-state index in [2.05, 4.69) is 4.98 Å². The lowest BCUT2D eigenvalue weighted by Crippen LogP contribution is -2.35. The number of halogens is 2. The van der Waals surface area contributed by atoms with Crippen molar-refractivity contribution in [3.05, 3.63) is 65.5 Å². The van der Waals surface area contributed by atoms with Gasteiger partial charge in [-0.25, -0.2) is 4.98 Å². The van der Waals surface area contributed by atoms with E-state index in [1.807, 2.05) is 0 Å². The molecule has 4 rings (SSSR count). The number of rotatable bonds is 5. The van der Waals surface area contributed by atoms with Crippen molar-refractivity contribution in [1.82, 2.24) is 14.5 Å². The van der Waals surface area contributed by atoms with Crippen molar-refractivity contribution in [3.63, 3.8) is 0 Å². The van der Waals surface area contributed by atoms with Crippen LogP contribution < -0.4 is 0 Å². The summed E-state index contributed by atoms with van der Waals surface area (Å²) >= 11 is 0. The van der Waals surface area contributed by atoms with Gasteiger partial charge < -0.3 is 4.74 Å². The molecule has 2 aromatic carbocycles. The Kier molecular flexibility index (Phi) is 4.34. The number of carbonyl (C=O) groups is 3. The number of hydrogen-bond donors (Lipinski definition) is 0. The van der Waals surface area contributed by atoms with Crippen LogP contribution in [0.4, 0.5) is 8.78 Å². The van der Waals surface area contributed by atoms with Crippen molar-refractivity contribution < 1.29 is 27.9 Å². The molecule has 0 atom stereocenters. The lowest BCUT2D eigenvalue weighted by molar-refractivity contribution is -0.145. The van der Waals surface area contributed by atoms with Crippen LogP contribution in [0.1, 0.15) is 33.1 Å². The van der Waals surface area contributed by atoms with Gasteiger partial charge in [-0.15, -0.1) is 0 Å². The molecule has 2 heterocycles. The number of hydrogen-bond acceptors (Lipinski definition) is 5. The number of esters is 1. The maximum atomic E-state index is 13.4. The monoisotopic (exact) mass is 385 g/mol. The van der Waals surface area contributed by atoms with Crippen LogP contribution in [0.2, 0.25) is 0 Å². The van der Waals surface area contributed by atoms with E-state index in [1.165, 1.54) is 18.2 Å². The molecular weight excluding hydrogens is 372 g/mol. The van der Waals surface area contributed by atoms with Crippen molar-refractivity contribution in [2.24, 2.45) is 0 Å². The predicted octanol–water partition coefficient (Wildman–Crippen LogP) is 2.77. The average molecular weight is 385 g/mol. The van der Waals surface area contributed by atoms with E-state index in [0.717, 1.165) is 4.90 Å². The van der Waals surface area contributed by atoms with Gasteiger partial charge in [0.05, 0.1) is 22.2 Å². The SMILES string of the molecule is O=C(CN1C(=O)c2ccccc2C1=O)OCc1nc2ccccc2n1C(F)F. The van der Waals surface area contributed by atoms with Crippen molar-refractivity contribution >= 4 is 28.8 Å². The first-order valence-corrected chi connectivity index (χ1v) is 8.32. The average Bonchev–Trinajstić information content (AvgIpc) is 3.18. The molecule has 0 saturated heterocycles. The number of benzene rings is 2. The molecule has 1 aliphatic heterocycles. The number of imidazole rings is 1. The Morgan fingerprint density at radius 3 is 2.25 bits per heavy atom. The van der Waals surface area contributed by atoms with Crippen LogP contribution in [0, 0.1) is 0 Å². The van der Waals surface area contributed by atoms with Gasteiger partial charge in [-0.2, -0.15) is 8.78 Å². The minimum atomic E-state index is -2.86. The third kappa shape index (κ3) is 2.90. The van der Waals surface area contributed by atoms with Crippen LogP contribution in [0.15, 0.2) is 48.5 Å². The van der Waals surface area contributed by atoms with Crippen molar-refractivity contribution in [1.29, 1.82) is 0 Å². The van der Waals surface area contributed by atoms with Crippen LogP contribution in [-0.2, 0) is 16.1 Å². The number of amides is 2. The zero-order valence-corrected chi connectivity index (χ0v) is 14.3. The van der Waals surface area contributed by atoms with Crippen molar-refractivity contribution in [3.8, 4) is 0 Å². The molecule has 0 fully saturated rings. The first-order chi connectivity index (χ1) is 13.5. The Morgan fingerprint density at radius 2 is 1.61 bits per heavy atom. The maximum Gasteiger partial charge on any atom is 0.326 e. The minimum Gasteiger partial charge on any atom is -0.456 e. The Morgan fingerprint density at radius 1 is 1.00 bits per heavy atom. The van der Waals surface area contributed by atoms with E-state index < -0.39 is 37.5 Å². The van der Waals surface area contributed by atoms with E-state index in [0.29, 0.717) is 10.1 Å². The summed E-state index contributed by atoms with van der Waals surface area (Å²) < 4.78 is 32.4. The number of aromatic nitrogens is 2. The van der Waals surface area contributed by atoms with Gasteiger partial charge in [0.15, 0.2) is 5.82 Å². The number of nitrogens with zero attached hydrogens (tertiary/aromatic N) is 3. The number of imide groups is 1. The standard InChI is InChI=1S/C19H13F2N3O4/c20-19(21)24-14-8-4-3-7-13(14)22-15(24)10-28-16(25)9-23-17(26)11-5-1-2-6-12(11)18(23)27/h1-8,19H,9-10H2. The second-order valence-corrected chi connectivity index (χ2v) is 6.07. The Hall–Kier alpha value is -3.62. The summed E-state index contributed by atoms with van der Waals surface area (Å²) in [4.78, 5) is 41.5. The molecule has 1 aliphatic rings. The molecule has 0 unspecified atom stereocenters. The van der Waals surface area contributed by atoms with Gasteiger partial charge in [0.1, 0.15) is 13.2 Å². The smallest absolute Gasteiger partial charge is 0.326 e. The molecule has 0 saturated carbocycles. The van der Waals surface area contributed by atoms with Crippen LogP contribution >= 0.6 is 0 Å². The van der Waals surface area contributed by atoms with Crippen LogP contribution in [0.25, 0.3) is 11.0 Å². The van der Waals surface area contributed by atoms with E-state index >= 15 is 0 Å². The summed E-state index contributed by atoms with van der Waals surface area (Å²) in [5, 5.41) is 0. The first-order valence-electron chi connectivity index (χ1n) is 8.32. The maximum absolute atomic E-state index is 13.4. The summed E-state index contributed by atoms with van der Waals surface area (Å²) in [5.74, 6) is -2.23. The molecule has 0 bridgehead atoms. The second kappa shape index (κ2) is 6.84. The van der Waals surface area contributed by atoms with Gasteiger partial charge in [0, 0.05) is 0 Å². The summed E-state index contributed by atoms with van der Waals surface area (Å²) in [6.45, 7) is -3.99. The zero-order chi connectivity index (χ0) is 19.8. The normalized spacial score (nSPS) is 13.5. The Bertz CT molecular complexity index is 1070. The number of para-hydroxylation sites is 2. The minimum absolute atomic E-state index is 0.132. The van der Waals surface area contributed by atoms with E-state index in [1.54, 1.807) is 30.3 Å². The lowest BCUT2D eigenvalue weighted by atomic mass is 10.1. The van der Waals surface area contributed by atoms with Gasteiger partial charge in [-0.1, -0.05) is 24.3 Å². The third-order valence-electron chi connectivity index (χ3n) is 4.39. The summed E-state index contributed by atoms with van der Waals surface area (Å²) in [5.41, 5.74) is 0.970. The zero-order valence-electron chi connectivity index (χ0n) is 14.3. The van der Waals surface area contributed by atoms with Crippen LogP contribution in [0.3, 0.4) is 0 Å².